The van der Waals surface area contributed by atoms with Gasteiger partial charge < -0.3 is 10.5 Å². The minimum absolute atomic E-state index is 0.0819. The maximum absolute atomic E-state index is 13.3. The molecule has 1 saturated carbocycles. The summed E-state index contributed by atoms with van der Waals surface area (Å²) in [6, 6.07) is 3.09. The van der Waals surface area contributed by atoms with Gasteiger partial charge in [0, 0.05) is 12.6 Å². The number of nitrogen functional groups attached to an aromatic ring is 1. The van der Waals surface area contributed by atoms with E-state index in [-0.39, 0.29) is 30.0 Å². The molecule has 1 aromatic carbocycles. The molecule has 0 saturated heterocycles. The third-order valence-corrected chi connectivity index (χ3v) is 4.01. The molecule has 0 spiro atoms. The van der Waals surface area contributed by atoms with Crippen molar-refractivity contribution in [2.45, 2.75) is 24.4 Å². The van der Waals surface area contributed by atoms with E-state index in [4.69, 9.17) is 10.5 Å². The number of nitrogens with zero attached hydrogens (tertiary/aromatic N) is 2. The highest BCUT2D eigenvalue weighted by molar-refractivity contribution is 5.96. The van der Waals surface area contributed by atoms with Gasteiger partial charge in [-0.05, 0) is 18.9 Å². The highest BCUT2D eigenvalue weighted by Crippen LogP contribution is 2.61. The largest absolute Gasteiger partial charge is 0.496 e. The van der Waals surface area contributed by atoms with E-state index in [1.54, 1.807) is 13.1 Å². The maximum atomic E-state index is 13.3. The summed E-state index contributed by atoms with van der Waals surface area (Å²) in [6.07, 6.45) is -4.12. The molecule has 20 heavy (non-hydrogen) atoms. The monoisotopic (exact) mass is 285 g/mol. The Bertz CT molecular complexity index is 686. The fraction of sp³-hybridized carbons (Fsp3) is 0.462. The molecular formula is C13H14F3N3O. The van der Waals surface area contributed by atoms with Gasteiger partial charge in [0.1, 0.15) is 5.75 Å². The van der Waals surface area contributed by atoms with Gasteiger partial charge in [0.2, 0.25) is 0 Å². The molecule has 7 heteroatoms. The number of fused-ring (bicyclic) bond motifs is 1. The molecule has 3 rings (SSSR count). The second-order valence-corrected chi connectivity index (χ2v) is 5.13. The van der Waals surface area contributed by atoms with Crippen LogP contribution in [-0.2, 0) is 12.5 Å². The summed E-state index contributed by atoms with van der Waals surface area (Å²) >= 11 is 0. The topological polar surface area (TPSA) is 53.1 Å². The van der Waals surface area contributed by atoms with Crippen LogP contribution in [0.5, 0.6) is 5.75 Å². The normalized spacial score (nSPS) is 17.4. The number of anilines is 1. The lowest BCUT2D eigenvalue weighted by molar-refractivity contribution is -0.160. The second kappa shape index (κ2) is 3.80. The van der Waals surface area contributed by atoms with Gasteiger partial charge in [-0.15, -0.1) is 0 Å². The molecular weight excluding hydrogens is 271 g/mol. The van der Waals surface area contributed by atoms with E-state index in [2.05, 4.69) is 5.10 Å². The zero-order chi connectivity index (χ0) is 14.7. The van der Waals surface area contributed by atoms with Crippen LogP contribution in [0.1, 0.15) is 18.4 Å². The number of ether oxygens (including phenoxy) is 1. The highest BCUT2D eigenvalue weighted by atomic mass is 19.4. The Balaban J connectivity index is 2.31. The van der Waals surface area contributed by atoms with Crippen LogP contribution >= 0.6 is 0 Å². The minimum atomic E-state index is -4.29. The quantitative estimate of drug-likeness (QED) is 0.923. The van der Waals surface area contributed by atoms with E-state index >= 15 is 0 Å². The molecule has 2 aromatic rings. The Labute approximate surface area is 113 Å². The molecule has 1 heterocycles. The van der Waals surface area contributed by atoms with Gasteiger partial charge in [-0.2, -0.15) is 18.3 Å². The van der Waals surface area contributed by atoms with Crippen molar-refractivity contribution in [1.82, 2.24) is 9.78 Å². The van der Waals surface area contributed by atoms with E-state index in [1.807, 2.05) is 0 Å². The van der Waals surface area contributed by atoms with Gasteiger partial charge >= 0.3 is 6.18 Å². The van der Waals surface area contributed by atoms with Crippen molar-refractivity contribution in [3.05, 3.63) is 17.7 Å². The number of aromatic nitrogens is 2. The molecule has 0 unspecified atom stereocenters. The molecule has 2 N–H and O–H groups in total. The molecule has 0 atom stereocenters. The van der Waals surface area contributed by atoms with Crippen LogP contribution in [0.25, 0.3) is 10.9 Å². The number of benzene rings is 1. The molecule has 0 radical (unpaired) electrons. The number of nitrogens with two attached hydrogens (primary N) is 1. The molecule has 1 aliphatic rings. The first-order valence-electron chi connectivity index (χ1n) is 6.18. The summed E-state index contributed by atoms with van der Waals surface area (Å²) in [4.78, 5) is 0. The molecule has 1 aliphatic carbocycles. The van der Waals surface area contributed by atoms with Gasteiger partial charge in [0.15, 0.2) is 5.82 Å². The minimum Gasteiger partial charge on any atom is -0.496 e. The van der Waals surface area contributed by atoms with E-state index in [9.17, 15) is 13.2 Å². The molecule has 0 amide bonds. The summed E-state index contributed by atoms with van der Waals surface area (Å²) in [7, 11) is 3.05. The number of methoxy groups -OCH3 is 1. The molecule has 1 aromatic heterocycles. The van der Waals surface area contributed by atoms with E-state index in [1.165, 1.54) is 17.9 Å². The summed E-state index contributed by atoms with van der Waals surface area (Å²) < 4.78 is 46.7. The average molecular weight is 285 g/mol. The zero-order valence-electron chi connectivity index (χ0n) is 11.1. The van der Waals surface area contributed by atoms with Crippen molar-refractivity contribution in [3.8, 4) is 5.75 Å². The number of alkyl halides is 3. The SMILES string of the molecule is COc1c(C2(C(F)(F)F)CC2)ccc2c1c(N)nn2C. The number of rotatable bonds is 2. The van der Waals surface area contributed by atoms with Gasteiger partial charge in [-0.3, -0.25) is 4.68 Å². The van der Waals surface area contributed by atoms with Crippen molar-refractivity contribution in [2.75, 3.05) is 12.8 Å². The standard InChI is InChI=1S/C13H14F3N3O/c1-19-8-4-3-7(12(5-6-12)13(14,15)16)10(20-2)9(8)11(17)18-19/h3-4H,5-6H2,1-2H3,(H2,17,18). The van der Waals surface area contributed by atoms with Crippen LogP contribution in [0.4, 0.5) is 19.0 Å². The number of halogens is 3. The smallest absolute Gasteiger partial charge is 0.398 e. The first-order chi connectivity index (χ1) is 9.32. The summed E-state index contributed by atoms with van der Waals surface area (Å²) in [5.74, 6) is 0.363. The Hall–Kier alpha value is -1.92. The Morgan fingerprint density at radius 3 is 2.50 bits per heavy atom. The predicted octanol–water partition coefficient (Wildman–Crippen LogP) is 2.76. The first kappa shape index (κ1) is 13.1. The van der Waals surface area contributed by atoms with Crippen LogP contribution in [0.3, 0.4) is 0 Å². The lowest BCUT2D eigenvalue weighted by atomic mass is 9.92. The highest BCUT2D eigenvalue weighted by Gasteiger charge is 2.65. The average Bonchev–Trinajstić information content (AvgIpc) is 3.12. The van der Waals surface area contributed by atoms with Crippen molar-refractivity contribution < 1.29 is 17.9 Å². The van der Waals surface area contributed by atoms with Gasteiger partial charge in [-0.25, -0.2) is 0 Å². The van der Waals surface area contributed by atoms with Crippen LogP contribution in [0, 0.1) is 0 Å². The van der Waals surface area contributed by atoms with Crippen LogP contribution in [0.2, 0.25) is 0 Å². The summed E-state index contributed by atoms with van der Waals surface area (Å²) in [5.41, 5.74) is 4.81. The van der Waals surface area contributed by atoms with Crippen LogP contribution in [0.15, 0.2) is 12.1 Å². The third kappa shape index (κ3) is 1.52. The first-order valence-corrected chi connectivity index (χ1v) is 6.18. The Morgan fingerprint density at radius 1 is 1.35 bits per heavy atom. The van der Waals surface area contributed by atoms with Crippen LogP contribution < -0.4 is 10.5 Å². The number of hydrogen-bond donors (Lipinski definition) is 1. The fourth-order valence-corrected chi connectivity index (χ4v) is 2.77. The lowest BCUT2D eigenvalue weighted by Crippen LogP contribution is -2.29. The van der Waals surface area contributed by atoms with E-state index in [0.29, 0.717) is 10.9 Å². The zero-order valence-corrected chi connectivity index (χ0v) is 11.1. The molecule has 108 valence electrons. The fourth-order valence-electron chi connectivity index (χ4n) is 2.77. The molecule has 0 bridgehead atoms. The molecule has 0 aliphatic heterocycles. The lowest BCUT2D eigenvalue weighted by Gasteiger charge is -2.22. The van der Waals surface area contributed by atoms with Gasteiger partial charge in [0.25, 0.3) is 0 Å². The van der Waals surface area contributed by atoms with Gasteiger partial charge in [0.05, 0.1) is 23.4 Å². The second-order valence-electron chi connectivity index (χ2n) is 5.13. The Morgan fingerprint density at radius 2 is 2.00 bits per heavy atom. The van der Waals surface area contributed by atoms with Crippen molar-refractivity contribution in [2.24, 2.45) is 7.05 Å². The summed E-state index contributed by atoms with van der Waals surface area (Å²) in [6.45, 7) is 0. The van der Waals surface area contributed by atoms with Gasteiger partial charge in [-0.1, -0.05) is 6.07 Å². The van der Waals surface area contributed by atoms with Crippen molar-refractivity contribution in [3.63, 3.8) is 0 Å². The summed E-state index contributed by atoms with van der Waals surface area (Å²) in [5, 5.41) is 4.48. The predicted molar refractivity (Wildman–Crippen MR) is 68.6 cm³/mol. The third-order valence-electron chi connectivity index (χ3n) is 4.01. The van der Waals surface area contributed by atoms with Crippen LogP contribution in [-0.4, -0.2) is 23.1 Å². The van der Waals surface area contributed by atoms with Crippen molar-refractivity contribution in [1.29, 1.82) is 0 Å². The molecule has 4 nitrogen and oxygen atoms in total. The number of hydrogen-bond acceptors (Lipinski definition) is 3. The maximum Gasteiger partial charge on any atom is 0.398 e. The number of aryl methyl sites for hydroxylation is 1. The Kier molecular flexibility index (Phi) is 2.49. The van der Waals surface area contributed by atoms with E-state index < -0.39 is 11.6 Å². The molecule has 1 fully saturated rings. The van der Waals surface area contributed by atoms with Crippen molar-refractivity contribution >= 4 is 16.7 Å². The van der Waals surface area contributed by atoms with E-state index in [0.717, 1.165) is 0 Å².